The van der Waals surface area contributed by atoms with Crippen LogP contribution in [-0.2, 0) is 14.8 Å². The summed E-state index contributed by atoms with van der Waals surface area (Å²) >= 11 is 0. The minimum Gasteiger partial charge on any atom is -0.491 e. The molecule has 0 saturated heterocycles. The van der Waals surface area contributed by atoms with Crippen LogP contribution in [0.5, 0.6) is 5.75 Å². The van der Waals surface area contributed by atoms with Gasteiger partial charge in [0.05, 0.1) is 23.5 Å². The van der Waals surface area contributed by atoms with Gasteiger partial charge in [-0.1, -0.05) is 6.92 Å². The van der Waals surface area contributed by atoms with E-state index in [0.717, 1.165) is 0 Å². The van der Waals surface area contributed by atoms with Crippen LogP contribution in [0.2, 0.25) is 0 Å². The van der Waals surface area contributed by atoms with Gasteiger partial charge < -0.3 is 24.6 Å². The predicted molar refractivity (Wildman–Crippen MR) is 132 cm³/mol. The van der Waals surface area contributed by atoms with Gasteiger partial charge in [-0.3, -0.25) is 9.52 Å². The third-order valence-corrected chi connectivity index (χ3v) is 7.08. The normalized spacial score (nSPS) is 22.4. The summed E-state index contributed by atoms with van der Waals surface area (Å²) in [5, 5.41) is 2.94. The molecule has 10 nitrogen and oxygen atoms in total. The molecule has 3 amide bonds. The zero-order valence-corrected chi connectivity index (χ0v) is 21.9. The molecule has 0 unspecified atom stereocenters. The zero-order chi connectivity index (χ0) is 25.6. The molecule has 11 heteroatoms. The molecule has 0 fully saturated rings. The molecule has 2 rings (SSSR count). The fourth-order valence-electron chi connectivity index (χ4n) is 3.70. The molecule has 1 aromatic rings. The second-order valence-electron chi connectivity index (χ2n) is 9.07. The first-order valence-corrected chi connectivity index (χ1v) is 13.2. The number of nitrogens with one attached hydrogen (secondary N) is 2. The number of benzene rings is 1. The lowest BCUT2D eigenvalue weighted by molar-refractivity contribution is 0.0165. The van der Waals surface area contributed by atoms with Crippen molar-refractivity contribution in [1.29, 1.82) is 0 Å². The first kappa shape index (κ1) is 27.7. The van der Waals surface area contributed by atoms with Crippen molar-refractivity contribution in [2.75, 3.05) is 44.3 Å². The smallest absolute Gasteiger partial charge is 0.317 e. The molecule has 192 valence electrons. The van der Waals surface area contributed by atoms with Gasteiger partial charge in [0.15, 0.2) is 0 Å². The van der Waals surface area contributed by atoms with E-state index in [1.54, 1.807) is 31.2 Å². The summed E-state index contributed by atoms with van der Waals surface area (Å²) in [4.78, 5) is 29.5. The van der Waals surface area contributed by atoms with E-state index in [0.29, 0.717) is 12.3 Å². The molecule has 0 aromatic heterocycles. The van der Waals surface area contributed by atoms with Crippen LogP contribution in [0.1, 0.15) is 45.0 Å². The number of carbonyl (C=O) groups excluding carboxylic acids is 2. The molecule has 0 radical (unpaired) electrons. The van der Waals surface area contributed by atoms with E-state index in [9.17, 15) is 18.0 Å². The third kappa shape index (κ3) is 7.23. The van der Waals surface area contributed by atoms with Crippen molar-refractivity contribution >= 4 is 27.6 Å². The molecular weight excluding hydrogens is 460 g/mol. The van der Waals surface area contributed by atoms with E-state index < -0.39 is 10.0 Å². The van der Waals surface area contributed by atoms with Gasteiger partial charge in [0.2, 0.25) is 10.0 Å². The van der Waals surface area contributed by atoms with E-state index in [4.69, 9.17) is 9.47 Å². The van der Waals surface area contributed by atoms with Crippen LogP contribution in [-0.4, -0.2) is 88.0 Å². The van der Waals surface area contributed by atoms with E-state index in [-0.39, 0.29) is 66.2 Å². The van der Waals surface area contributed by atoms with Gasteiger partial charge >= 0.3 is 6.03 Å². The van der Waals surface area contributed by atoms with E-state index in [2.05, 4.69) is 10.0 Å². The maximum atomic E-state index is 13.3. The highest BCUT2D eigenvalue weighted by Gasteiger charge is 2.30. The van der Waals surface area contributed by atoms with Crippen molar-refractivity contribution in [2.45, 2.75) is 52.8 Å². The SMILES string of the molecule is CCS(=O)(=O)Nc1ccc2c(c1)C(=O)N(C)C[C@@H](OC)[C@@H](C)CN(C(=O)NC(C)C)[C@@H](C)CO2. The number of likely N-dealkylation sites (N-methyl/N-ethyl adjacent to an activating group) is 1. The van der Waals surface area contributed by atoms with Crippen LogP contribution in [0.25, 0.3) is 0 Å². The number of methoxy groups -OCH3 is 1. The minimum atomic E-state index is -3.51. The van der Waals surface area contributed by atoms with Crippen molar-refractivity contribution in [2.24, 2.45) is 5.92 Å². The monoisotopic (exact) mass is 498 g/mol. The molecule has 2 N–H and O–H groups in total. The summed E-state index contributed by atoms with van der Waals surface area (Å²) in [6, 6.07) is 4.09. The minimum absolute atomic E-state index is 0.0228. The van der Waals surface area contributed by atoms with Crippen LogP contribution < -0.4 is 14.8 Å². The quantitative estimate of drug-likeness (QED) is 0.644. The molecule has 0 bridgehead atoms. The Morgan fingerprint density at radius 3 is 2.53 bits per heavy atom. The van der Waals surface area contributed by atoms with Crippen molar-refractivity contribution in [3.05, 3.63) is 23.8 Å². The number of urea groups is 1. The highest BCUT2D eigenvalue weighted by molar-refractivity contribution is 7.92. The zero-order valence-electron chi connectivity index (χ0n) is 21.1. The molecule has 3 atom stereocenters. The Bertz CT molecular complexity index is 968. The molecule has 34 heavy (non-hydrogen) atoms. The lowest BCUT2D eigenvalue weighted by atomic mass is 10.0. The number of hydrogen-bond donors (Lipinski definition) is 2. The second-order valence-corrected chi connectivity index (χ2v) is 11.1. The number of sulfonamides is 1. The fourth-order valence-corrected chi connectivity index (χ4v) is 4.33. The average Bonchev–Trinajstić information content (AvgIpc) is 2.77. The number of anilines is 1. The van der Waals surface area contributed by atoms with Gasteiger partial charge in [0.25, 0.3) is 5.91 Å². The highest BCUT2D eigenvalue weighted by Crippen LogP contribution is 2.27. The van der Waals surface area contributed by atoms with Crippen molar-refractivity contribution in [3.63, 3.8) is 0 Å². The van der Waals surface area contributed by atoms with Crippen LogP contribution in [0, 0.1) is 5.92 Å². The molecule has 0 aliphatic carbocycles. The van der Waals surface area contributed by atoms with Crippen LogP contribution in [0.15, 0.2) is 18.2 Å². The van der Waals surface area contributed by atoms with Crippen molar-refractivity contribution < 1.29 is 27.5 Å². The lowest BCUT2D eigenvalue weighted by Gasteiger charge is -2.36. The van der Waals surface area contributed by atoms with Gasteiger partial charge in [-0.25, -0.2) is 13.2 Å². The second kappa shape index (κ2) is 11.7. The summed E-state index contributed by atoms with van der Waals surface area (Å²) in [6.07, 6.45) is -0.318. The summed E-state index contributed by atoms with van der Waals surface area (Å²) in [6.45, 7) is 10.1. The van der Waals surface area contributed by atoms with Crippen LogP contribution in [0.4, 0.5) is 10.5 Å². The van der Waals surface area contributed by atoms with Crippen LogP contribution in [0.3, 0.4) is 0 Å². The first-order chi connectivity index (χ1) is 15.9. The lowest BCUT2D eigenvalue weighted by Crippen LogP contribution is -2.52. The maximum Gasteiger partial charge on any atom is 0.317 e. The molecule has 1 aliphatic heterocycles. The summed E-state index contributed by atoms with van der Waals surface area (Å²) < 4.78 is 38.2. The summed E-state index contributed by atoms with van der Waals surface area (Å²) in [7, 11) is -0.269. The number of fused-ring (bicyclic) bond motifs is 1. The van der Waals surface area contributed by atoms with Crippen molar-refractivity contribution in [1.82, 2.24) is 15.1 Å². The third-order valence-electron chi connectivity index (χ3n) is 5.77. The molecule has 0 spiro atoms. The summed E-state index contributed by atoms with van der Waals surface area (Å²) in [5.41, 5.74) is 0.507. The number of ether oxygens (including phenoxy) is 2. The number of nitrogens with zero attached hydrogens (tertiary/aromatic N) is 2. The molecule has 0 saturated carbocycles. The van der Waals surface area contributed by atoms with E-state index in [1.165, 1.54) is 17.9 Å². The number of hydrogen-bond acceptors (Lipinski definition) is 6. The van der Waals surface area contributed by atoms with E-state index >= 15 is 0 Å². The maximum absolute atomic E-state index is 13.3. The Labute approximate surface area is 203 Å². The molecule has 1 aliphatic rings. The number of rotatable bonds is 5. The van der Waals surface area contributed by atoms with E-state index in [1.807, 2.05) is 27.7 Å². The van der Waals surface area contributed by atoms with Gasteiger partial charge in [0.1, 0.15) is 12.4 Å². The topological polar surface area (TPSA) is 117 Å². The highest BCUT2D eigenvalue weighted by atomic mass is 32.2. The van der Waals surface area contributed by atoms with Gasteiger partial charge in [-0.15, -0.1) is 0 Å². The number of amides is 3. The van der Waals surface area contributed by atoms with Gasteiger partial charge in [-0.2, -0.15) is 0 Å². The van der Waals surface area contributed by atoms with Gasteiger partial charge in [-0.05, 0) is 45.9 Å². The Balaban J connectivity index is 2.47. The Kier molecular flexibility index (Phi) is 9.57. The molecule has 1 aromatic carbocycles. The largest absolute Gasteiger partial charge is 0.491 e. The average molecular weight is 499 g/mol. The van der Waals surface area contributed by atoms with Gasteiger partial charge in [0, 0.05) is 44.9 Å². The van der Waals surface area contributed by atoms with Crippen LogP contribution >= 0.6 is 0 Å². The molecule has 1 heterocycles. The Morgan fingerprint density at radius 2 is 1.94 bits per heavy atom. The first-order valence-electron chi connectivity index (χ1n) is 11.5. The summed E-state index contributed by atoms with van der Waals surface area (Å²) in [5.74, 6) is -0.158. The Hall–Kier alpha value is -2.53. The standard InChI is InChI=1S/C23H38N4O6S/c1-8-34(30,31)25-18-9-10-20-19(11-18)22(28)26(6)13-21(32-7)16(4)12-27(17(5)14-33-20)23(29)24-15(2)3/h9-11,15-17,21,25H,8,12-14H2,1-7H3,(H,24,29)/t16-,17-,21+/m0/s1. The number of carbonyl (C=O) groups is 2. The fraction of sp³-hybridized carbons (Fsp3) is 0.652. The van der Waals surface area contributed by atoms with Crippen molar-refractivity contribution in [3.8, 4) is 5.75 Å². The molecular formula is C23H38N4O6S. The predicted octanol–water partition coefficient (Wildman–Crippen LogP) is 2.37. The Morgan fingerprint density at radius 1 is 1.26 bits per heavy atom.